The lowest BCUT2D eigenvalue weighted by Crippen LogP contribution is -2.15. The van der Waals surface area contributed by atoms with E-state index >= 15 is 0 Å². The number of hydrogen-bond acceptors (Lipinski definition) is 5. The fourth-order valence-corrected chi connectivity index (χ4v) is 1.42. The van der Waals surface area contributed by atoms with E-state index in [1.807, 2.05) is 13.0 Å². The molecule has 0 aliphatic rings. The molecule has 0 fully saturated rings. The van der Waals surface area contributed by atoms with E-state index in [0.717, 1.165) is 11.1 Å². The third-order valence-electron chi connectivity index (χ3n) is 2.15. The largest absolute Gasteiger partial charge is 0.409 e. The molecule has 7 heteroatoms. The molecule has 0 aromatic carbocycles. The van der Waals surface area contributed by atoms with E-state index < -0.39 is 0 Å². The van der Waals surface area contributed by atoms with Crippen molar-refractivity contribution in [2.75, 3.05) is 0 Å². The van der Waals surface area contributed by atoms with E-state index in [1.54, 1.807) is 17.1 Å². The fraction of sp³-hybridized carbons (Fsp3) is 0.200. The van der Waals surface area contributed by atoms with E-state index in [9.17, 15) is 0 Å². The number of aromatic nitrogens is 4. The van der Waals surface area contributed by atoms with Gasteiger partial charge in [0.2, 0.25) is 11.7 Å². The zero-order valence-corrected chi connectivity index (χ0v) is 9.28. The SMILES string of the molecule is Cc1cncc(Cn2cnc(/C(N)=N/O)n2)c1. The first-order valence-electron chi connectivity index (χ1n) is 4.97. The molecule has 17 heavy (non-hydrogen) atoms. The van der Waals surface area contributed by atoms with Gasteiger partial charge in [0.1, 0.15) is 6.33 Å². The van der Waals surface area contributed by atoms with Gasteiger partial charge in [-0.05, 0) is 18.1 Å². The van der Waals surface area contributed by atoms with Crippen LogP contribution in [0.15, 0.2) is 29.9 Å². The normalized spacial score (nSPS) is 11.7. The highest BCUT2D eigenvalue weighted by Gasteiger charge is 2.06. The van der Waals surface area contributed by atoms with Crippen molar-refractivity contribution in [3.63, 3.8) is 0 Å². The number of nitrogens with zero attached hydrogens (tertiary/aromatic N) is 5. The second-order valence-electron chi connectivity index (χ2n) is 3.62. The number of pyridine rings is 1. The Hall–Kier alpha value is -2.44. The van der Waals surface area contributed by atoms with Crippen LogP contribution in [0.2, 0.25) is 0 Å². The Balaban J connectivity index is 2.17. The minimum absolute atomic E-state index is 0.105. The van der Waals surface area contributed by atoms with Gasteiger partial charge in [0.25, 0.3) is 0 Å². The lowest BCUT2D eigenvalue weighted by atomic mass is 10.2. The van der Waals surface area contributed by atoms with Crippen molar-refractivity contribution in [3.8, 4) is 0 Å². The highest BCUT2D eigenvalue weighted by molar-refractivity contribution is 5.93. The monoisotopic (exact) mass is 232 g/mol. The van der Waals surface area contributed by atoms with E-state index in [0.29, 0.717) is 6.54 Å². The molecule has 0 radical (unpaired) electrons. The molecule has 0 aliphatic carbocycles. The van der Waals surface area contributed by atoms with Gasteiger partial charge in [0, 0.05) is 12.4 Å². The van der Waals surface area contributed by atoms with Gasteiger partial charge in [-0.3, -0.25) is 4.98 Å². The van der Waals surface area contributed by atoms with E-state index in [2.05, 4.69) is 20.2 Å². The summed E-state index contributed by atoms with van der Waals surface area (Å²) in [5.74, 6) is 0.0965. The quantitative estimate of drug-likeness (QED) is 0.339. The number of oxime groups is 1. The molecule has 0 aliphatic heterocycles. The van der Waals surface area contributed by atoms with Crippen molar-refractivity contribution in [2.45, 2.75) is 13.5 Å². The summed E-state index contributed by atoms with van der Waals surface area (Å²) < 4.78 is 1.60. The van der Waals surface area contributed by atoms with Crippen LogP contribution in [0, 0.1) is 6.92 Å². The Morgan fingerprint density at radius 3 is 3.06 bits per heavy atom. The van der Waals surface area contributed by atoms with Crippen LogP contribution in [0.5, 0.6) is 0 Å². The topological polar surface area (TPSA) is 102 Å². The second-order valence-corrected chi connectivity index (χ2v) is 3.62. The van der Waals surface area contributed by atoms with Crippen molar-refractivity contribution < 1.29 is 5.21 Å². The Bertz CT molecular complexity index is 547. The molecular weight excluding hydrogens is 220 g/mol. The van der Waals surface area contributed by atoms with Crippen LogP contribution < -0.4 is 5.73 Å². The Morgan fingerprint density at radius 1 is 1.53 bits per heavy atom. The number of rotatable bonds is 3. The highest BCUT2D eigenvalue weighted by atomic mass is 16.4. The van der Waals surface area contributed by atoms with Gasteiger partial charge >= 0.3 is 0 Å². The number of hydrogen-bond donors (Lipinski definition) is 2. The molecule has 0 saturated heterocycles. The molecule has 2 aromatic rings. The van der Waals surface area contributed by atoms with Gasteiger partial charge in [-0.1, -0.05) is 11.2 Å². The van der Waals surface area contributed by atoms with Crippen molar-refractivity contribution >= 4 is 5.84 Å². The first kappa shape index (κ1) is 11.1. The third kappa shape index (κ3) is 2.57. The van der Waals surface area contributed by atoms with Gasteiger partial charge in [-0.2, -0.15) is 0 Å². The molecule has 7 nitrogen and oxygen atoms in total. The lowest BCUT2D eigenvalue weighted by Gasteiger charge is -2.01. The Morgan fingerprint density at radius 2 is 2.35 bits per heavy atom. The highest BCUT2D eigenvalue weighted by Crippen LogP contribution is 2.03. The van der Waals surface area contributed by atoms with E-state index in [4.69, 9.17) is 10.9 Å². The summed E-state index contributed by atoms with van der Waals surface area (Å²) in [5.41, 5.74) is 7.47. The second kappa shape index (κ2) is 4.60. The molecule has 3 N–H and O–H groups in total. The summed E-state index contributed by atoms with van der Waals surface area (Å²) in [7, 11) is 0. The predicted octanol–water partition coefficient (Wildman–Crippen LogP) is 0.124. The number of aryl methyl sites for hydroxylation is 1. The zero-order chi connectivity index (χ0) is 12.3. The maximum atomic E-state index is 8.49. The summed E-state index contributed by atoms with van der Waals surface area (Å²) in [6.45, 7) is 2.51. The van der Waals surface area contributed by atoms with Crippen molar-refractivity contribution in [2.24, 2.45) is 10.9 Å². The van der Waals surface area contributed by atoms with Gasteiger partial charge in [0.15, 0.2) is 0 Å². The molecule has 2 heterocycles. The maximum Gasteiger partial charge on any atom is 0.219 e. The molecule has 2 aromatic heterocycles. The summed E-state index contributed by atoms with van der Waals surface area (Å²) >= 11 is 0. The summed E-state index contributed by atoms with van der Waals surface area (Å²) in [4.78, 5) is 8.01. The Labute approximate surface area is 97.6 Å². The molecule has 2 rings (SSSR count). The van der Waals surface area contributed by atoms with Crippen LogP contribution in [0.4, 0.5) is 0 Å². The predicted molar refractivity (Wildman–Crippen MR) is 60.6 cm³/mol. The average Bonchev–Trinajstić information content (AvgIpc) is 2.76. The van der Waals surface area contributed by atoms with Crippen molar-refractivity contribution in [3.05, 3.63) is 41.7 Å². The third-order valence-corrected chi connectivity index (χ3v) is 2.15. The summed E-state index contributed by atoms with van der Waals surface area (Å²) in [6, 6.07) is 2.01. The first-order chi connectivity index (χ1) is 8.19. The van der Waals surface area contributed by atoms with Gasteiger partial charge in [0.05, 0.1) is 6.54 Å². The molecule has 0 saturated carbocycles. The number of nitrogens with two attached hydrogens (primary N) is 1. The minimum Gasteiger partial charge on any atom is -0.409 e. The van der Waals surface area contributed by atoms with Gasteiger partial charge in [-0.15, -0.1) is 5.10 Å². The molecule has 0 unspecified atom stereocenters. The minimum atomic E-state index is -0.105. The van der Waals surface area contributed by atoms with Crippen LogP contribution in [0.1, 0.15) is 17.0 Å². The van der Waals surface area contributed by atoms with Crippen molar-refractivity contribution in [1.82, 2.24) is 19.7 Å². The van der Waals surface area contributed by atoms with Crippen LogP contribution >= 0.6 is 0 Å². The molecule has 0 amide bonds. The van der Waals surface area contributed by atoms with Crippen LogP contribution in [0.3, 0.4) is 0 Å². The van der Waals surface area contributed by atoms with Gasteiger partial charge < -0.3 is 10.9 Å². The van der Waals surface area contributed by atoms with E-state index in [-0.39, 0.29) is 11.7 Å². The zero-order valence-electron chi connectivity index (χ0n) is 9.28. The van der Waals surface area contributed by atoms with Gasteiger partial charge in [-0.25, -0.2) is 9.67 Å². The smallest absolute Gasteiger partial charge is 0.219 e. The van der Waals surface area contributed by atoms with Crippen LogP contribution in [-0.2, 0) is 6.54 Å². The Kier molecular flexibility index (Phi) is 2.99. The molecular formula is C10H12N6O. The molecule has 0 bridgehead atoms. The average molecular weight is 232 g/mol. The maximum absolute atomic E-state index is 8.49. The molecule has 0 spiro atoms. The van der Waals surface area contributed by atoms with Crippen molar-refractivity contribution in [1.29, 1.82) is 0 Å². The van der Waals surface area contributed by atoms with E-state index in [1.165, 1.54) is 6.33 Å². The molecule has 0 atom stereocenters. The summed E-state index contributed by atoms with van der Waals surface area (Å²) in [6.07, 6.45) is 5.07. The first-order valence-corrected chi connectivity index (χ1v) is 4.97. The summed E-state index contributed by atoms with van der Waals surface area (Å²) in [5, 5.41) is 15.4. The van der Waals surface area contributed by atoms with Crippen LogP contribution in [-0.4, -0.2) is 30.8 Å². The standard InChI is InChI=1S/C10H12N6O/c1-7-2-8(4-12-3-7)5-16-6-13-10(14-16)9(11)15-17/h2-4,6,17H,5H2,1H3,(H2,11,15). The molecule has 88 valence electrons. The van der Waals surface area contributed by atoms with Crippen LogP contribution in [0.25, 0.3) is 0 Å². The number of amidine groups is 1. The lowest BCUT2D eigenvalue weighted by molar-refractivity contribution is 0.318. The fourth-order valence-electron chi connectivity index (χ4n) is 1.42.